The first-order valence-corrected chi connectivity index (χ1v) is 11.1. The molecule has 0 saturated carbocycles. The van der Waals surface area contributed by atoms with E-state index in [2.05, 4.69) is 15.2 Å². The van der Waals surface area contributed by atoms with E-state index in [1.807, 2.05) is 78.7 Å². The largest absolute Gasteiger partial charge is 0.439 e. The van der Waals surface area contributed by atoms with Crippen molar-refractivity contribution in [3.8, 4) is 17.3 Å². The zero-order valence-electron chi connectivity index (χ0n) is 18.5. The average Bonchev–Trinajstić information content (AvgIpc) is 3.40. The lowest BCUT2D eigenvalue weighted by atomic mass is 9.95. The van der Waals surface area contributed by atoms with E-state index in [1.54, 1.807) is 17.2 Å². The average molecular weight is 440 g/mol. The van der Waals surface area contributed by atoms with Crippen molar-refractivity contribution in [2.24, 2.45) is 0 Å². The van der Waals surface area contributed by atoms with Crippen LogP contribution in [0.15, 0.2) is 79.5 Å². The van der Waals surface area contributed by atoms with Crippen molar-refractivity contribution >= 4 is 5.91 Å². The van der Waals surface area contributed by atoms with Crippen molar-refractivity contribution in [2.75, 3.05) is 6.54 Å². The molecule has 5 rings (SSSR count). The zero-order valence-corrected chi connectivity index (χ0v) is 18.5. The summed E-state index contributed by atoms with van der Waals surface area (Å²) in [7, 11) is 0. The fourth-order valence-electron chi connectivity index (χ4n) is 4.27. The second-order valence-corrected chi connectivity index (χ2v) is 8.28. The van der Waals surface area contributed by atoms with Gasteiger partial charge >= 0.3 is 0 Å². The number of hydrogen-bond acceptors (Lipinski definition) is 5. The standard InChI is InChI=1S/C26H25N5O2/c1-19-6-4-9-23(14-19)33-25-12-11-21(16-27-25)24-10-2-3-13-31(24)26(32)20-7-5-8-22(15-20)30-17-28-29-18-30/h4-9,11-12,14-18,24H,2-3,10,13H2,1H3. The molecular weight excluding hydrogens is 414 g/mol. The number of pyridine rings is 1. The molecular formula is C26H25N5O2. The molecule has 2 aromatic heterocycles. The highest BCUT2D eigenvalue weighted by Crippen LogP contribution is 2.33. The number of aromatic nitrogens is 4. The number of piperidine rings is 1. The van der Waals surface area contributed by atoms with Gasteiger partial charge < -0.3 is 9.64 Å². The van der Waals surface area contributed by atoms with Crippen LogP contribution in [0.5, 0.6) is 11.6 Å². The van der Waals surface area contributed by atoms with Gasteiger partial charge in [-0.2, -0.15) is 0 Å². The van der Waals surface area contributed by atoms with Crippen LogP contribution in [-0.4, -0.2) is 37.1 Å². The Labute approximate surface area is 192 Å². The first kappa shape index (κ1) is 20.9. The van der Waals surface area contributed by atoms with Gasteiger partial charge in [0.1, 0.15) is 18.4 Å². The topological polar surface area (TPSA) is 73.1 Å². The quantitative estimate of drug-likeness (QED) is 0.431. The highest BCUT2D eigenvalue weighted by molar-refractivity contribution is 5.95. The van der Waals surface area contributed by atoms with E-state index in [0.29, 0.717) is 11.4 Å². The molecule has 33 heavy (non-hydrogen) atoms. The van der Waals surface area contributed by atoms with Crippen LogP contribution in [-0.2, 0) is 0 Å². The fraction of sp³-hybridized carbons (Fsp3) is 0.231. The Morgan fingerprint density at radius 2 is 1.85 bits per heavy atom. The molecule has 1 amide bonds. The van der Waals surface area contributed by atoms with Crippen molar-refractivity contribution < 1.29 is 9.53 Å². The van der Waals surface area contributed by atoms with Crippen LogP contribution in [0.4, 0.5) is 0 Å². The van der Waals surface area contributed by atoms with E-state index in [0.717, 1.165) is 48.4 Å². The maximum atomic E-state index is 13.5. The second kappa shape index (κ2) is 9.24. The molecule has 1 atom stereocenters. The van der Waals surface area contributed by atoms with Gasteiger partial charge in [-0.3, -0.25) is 9.36 Å². The molecule has 0 N–H and O–H groups in total. The molecule has 4 aromatic rings. The highest BCUT2D eigenvalue weighted by atomic mass is 16.5. The van der Waals surface area contributed by atoms with Gasteiger partial charge in [-0.1, -0.05) is 24.3 Å². The molecule has 1 aliphatic rings. The van der Waals surface area contributed by atoms with Crippen LogP contribution >= 0.6 is 0 Å². The lowest BCUT2D eigenvalue weighted by Gasteiger charge is -2.36. The molecule has 1 fully saturated rings. The molecule has 0 aliphatic carbocycles. The molecule has 1 unspecified atom stereocenters. The molecule has 1 saturated heterocycles. The number of likely N-dealkylation sites (tertiary alicyclic amines) is 1. The maximum Gasteiger partial charge on any atom is 0.254 e. The Kier molecular flexibility index (Phi) is 5.85. The summed E-state index contributed by atoms with van der Waals surface area (Å²) < 4.78 is 7.68. The number of nitrogens with zero attached hydrogens (tertiary/aromatic N) is 5. The third kappa shape index (κ3) is 4.62. The Morgan fingerprint density at radius 1 is 1.00 bits per heavy atom. The Bertz CT molecular complexity index is 1240. The van der Waals surface area contributed by atoms with Gasteiger partial charge in [0.25, 0.3) is 5.91 Å². The van der Waals surface area contributed by atoms with Gasteiger partial charge in [0.15, 0.2) is 0 Å². The van der Waals surface area contributed by atoms with Crippen LogP contribution in [0.25, 0.3) is 5.69 Å². The first-order chi connectivity index (χ1) is 16.2. The van der Waals surface area contributed by atoms with Crippen LogP contribution in [0.2, 0.25) is 0 Å². The molecule has 1 aliphatic heterocycles. The normalized spacial score (nSPS) is 15.9. The van der Waals surface area contributed by atoms with Crippen molar-refractivity contribution in [2.45, 2.75) is 32.2 Å². The lowest BCUT2D eigenvalue weighted by Crippen LogP contribution is -2.38. The van der Waals surface area contributed by atoms with E-state index >= 15 is 0 Å². The van der Waals surface area contributed by atoms with E-state index in [9.17, 15) is 4.79 Å². The van der Waals surface area contributed by atoms with Gasteiger partial charge in [0.2, 0.25) is 5.88 Å². The second-order valence-electron chi connectivity index (χ2n) is 8.28. The van der Waals surface area contributed by atoms with E-state index in [4.69, 9.17) is 4.74 Å². The molecule has 7 heteroatoms. The molecule has 2 aromatic carbocycles. The van der Waals surface area contributed by atoms with Crippen LogP contribution in [0.1, 0.15) is 46.8 Å². The van der Waals surface area contributed by atoms with E-state index in [1.165, 1.54) is 0 Å². The SMILES string of the molecule is Cc1cccc(Oc2ccc(C3CCCCN3C(=O)c3cccc(-n4cnnc4)c3)cn2)c1. The number of benzene rings is 2. The van der Waals surface area contributed by atoms with Gasteiger partial charge in [-0.05, 0) is 67.6 Å². The number of rotatable bonds is 5. The summed E-state index contributed by atoms with van der Waals surface area (Å²) in [6, 6.07) is 19.3. The van der Waals surface area contributed by atoms with Crippen LogP contribution in [0.3, 0.4) is 0 Å². The van der Waals surface area contributed by atoms with Crippen molar-refractivity contribution in [1.82, 2.24) is 24.6 Å². The molecule has 0 radical (unpaired) electrons. The number of aryl methyl sites for hydroxylation is 1. The lowest BCUT2D eigenvalue weighted by molar-refractivity contribution is 0.0611. The van der Waals surface area contributed by atoms with Crippen LogP contribution < -0.4 is 4.74 Å². The molecule has 0 spiro atoms. The predicted molar refractivity (Wildman–Crippen MR) is 124 cm³/mol. The third-order valence-electron chi connectivity index (χ3n) is 5.93. The Morgan fingerprint density at radius 3 is 2.64 bits per heavy atom. The summed E-state index contributed by atoms with van der Waals surface area (Å²) in [6.07, 6.45) is 8.07. The minimum atomic E-state index is -0.00895. The number of amides is 1. The van der Waals surface area contributed by atoms with Crippen molar-refractivity contribution in [3.63, 3.8) is 0 Å². The van der Waals surface area contributed by atoms with Gasteiger partial charge in [0, 0.05) is 30.1 Å². The van der Waals surface area contributed by atoms with E-state index in [-0.39, 0.29) is 11.9 Å². The highest BCUT2D eigenvalue weighted by Gasteiger charge is 2.29. The summed E-state index contributed by atoms with van der Waals surface area (Å²) in [5, 5.41) is 7.71. The summed E-state index contributed by atoms with van der Waals surface area (Å²) in [6.45, 7) is 2.75. The van der Waals surface area contributed by atoms with E-state index < -0.39 is 0 Å². The zero-order chi connectivity index (χ0) is 22.6. The van der Waals surface area contributed by atoms with Gasteiger partial charge in [-0.15, -0.1) is 10.2 Å². The first-order valence-electron chi connectivity index (χ1n) is 11.1. The Balaban J connectivity index is 1.35. The summed E-state index contributed by atoms with van der Waals surface area (Å²) >= 11 is 0. The van der Waals surface area contributed by atoms with Crippen LogP contribution in [0, 0.1) is 6.92 Å². The third-order valence-corrected chi connectivity index (χ3v) is 5.93. The molecule has 3 heterocycles. The smallest absolute Gasteiger partial charge is 0.254 e. The number of hydrogen-bond donors (Lipinski definition) is 0. The number of carbonyl (C=O) groups is 1. The van der Waals surface area contributed by atoms with Crippen molar-refractivity contribution in [1.29, 1.82) is 0 Å². The number of ether oxygens (including phenoxy) is 1. The molecule has 7 nitrogen and oxygen atoms in total. The van der Waals surface area contributed by atoms with Gasteiger partial charge in [0.05, 0.1) is 6.04 Å². The fourth-order valence-corrected chi connectivity index (χ4v) is 4.27. The Hall–Kier alpha value is -4.00. The molecule has 166 valence electrons. The summed E-state index contributed by atoms with van der Waals surface area (Å²) in [4.78, 5) is 20.0. The summed E-state index contributed by atoms with van der Waals surface area (Å²) in [5.41, 5.74) is 3.67. The minimum Gasteiger partial charge on any atom is -0.439 e. The summed E-state index contributed by atoms with van der Waals surface area (Å²) in [5.74, 6) is 1.33. The van der Waals surface area contributed by atoms with Gasteiger partial charge in [-0.25, -0.2) is 4.98 Å². The predicted octanol–water partition coefficient (Wildman–Crippen LogP) is 5.13. The monoisotopic (exact) mass is 439 g/mol. The minimum absolute atomic E-state index is 0.00895. The number of carbonyl (C=O) groups excluding carboxylic acids is 1. The maximum absolute atomic E-state index is 13.5. The molecule has 0 bridgehead atoms. The van der Waals surface area contributed by atoms with Crippen molar-refractivity contribution in [3.05, 3.63) is 96.2 Å².